The summed E-state index contributed by atoms with van der Waals surface area (Å²) in [5.74, 6) is 0. The second kappa shape index (κ2) is 9.59. The summed E-state index contributed by atoms with van der Waals surface area (Å²) in [6.07, 6.45) is 0.924. The molecule has 2 N–H and O–H groups in total. The van der Waals surface area contributed by atoms with Crippen molar-refractivity contribution in [1.29, 1.82) is 0 Å². The zero-order valence-corrected chi connectivity index (χ0v) is 13.7. The maximum atomic E-state index is 11.3. The maximum Gasteiger partial charge on any atom is 0.253 e. The molecule has 0 atom stereocenters. The average molecular weight is 270 g/mol. The number of anilines is 2. The van der Waals surface area contributed by atoms with E-state index in [4.69, 9.17) is 0 Å². The Hall–Kier alpha value is -1.32. The molecule has 0 aliphatic heterocycles. The predicted molar refractivity (Wildman–Crippen MR) is 86.2 cm³/mol. The van der Waals surface area contributed by atoms with Crippen LogP contribution < -0.4 is 21.5 Å². The first-order chi connectivity index (χ1) is 8.87. The molecule has 19 heavy (non-hydrogen) atoms. The SMILES string of the molecule is CC.CC.CCCNc1c(NC(C)(C)C)c(=O)c1=O. The third-order valence-electron chi connectivity index (χ3n) is 1.96. The van der Waals surface area contributed by atoms with Crippen LogP contribution in [0.15, 0.2) is 9.59 Å². The third-order valence-corrected chi connectivity index (χ3v) is 1.96. The van der Waals surface area contributed by atoms with Gasteiger partial charge in [0.05, 0.1) is 0 Å². The molecule has 0 unspecified atom stereocenters. The van der Waals surface area contributed by atoms with Crippen LogP contribution >= 0.6 is 0 Å². The molecule has 1 rings (SSSR count). The standard InChI is InChI=1S/C11H18N2O2.2C2H6/c1-5-6-12-7-8(10(15)9(7)14)13-11(2,3)4;2*1-2/h12-13H,5-6H2,1-4H3;2*1-2H3. The highest BCUT2D eigenvalue weighted by Crippen LogP contribution is 2.18. The summed E-state index contributed by atoms with van der Waals surface area (Å²) in [6.45, 7) is 16.6. The zero-order valence-electron chi connectivity index (χ0n) is 13.7. The maximum absolute atomic E-state index is 11.3. The molecular formula is C15H30N2O2. The Morgan fingerprint density at radius 3 is 1.68 bits per heavy atom. The molecule has 0 heterocycles. The number of rotatable bonds is 4. The second-order valence-corrected chi connectivity index (χ2v) is 4.71. The van der Waals surface area contributed by atoms with E-state index in [0.717, 1.165) is 6.42 Å². The van der Waals surface area contributed by atoms with Gasteiger partial charge in [-0.2, -0.15) is 0 Å². The van der Waals surface area contributed by atoms with Crippen LogP contribution in [0, 0.1) is 0 Å². The van der Waals surface area contributed by atoms with E-state index in [1.54, 1.807) is 0 Å². The lowest BCUT2D eigenvalue weighted by molar-refractivity contribution is 0.632. The van der Waals surface area contributed by atoms with E-state index in [1.165, 1.54) is 0 Å². The van der Waals surface area contributed by atoms with Crippen molar-refractivity contribution in [3.8, 4) is 0 Å². The minimum atomic E-state index is -0.413. The van der Waals surface area contributed by atoms with Gasteiger partial charge in [0.25, 0.3) is 10.9 Å². The normalized spacial score (nSPS) is 9.89. The molecular weight excluding hydrogens is 240 g/mol. The monoisotopic (exact) mass is 270 g/mol. The van der Waals surface area contributed by atoms with Gasteiger partial charge >= 0.3 is 0 Å². The van der Waals surface area contributed by atoms with E-state index < -0.39 is 10.9 Å². The van der Waals surface area contributed by atoms with E-state index in [2.05, 4.69) is 10.6 Å². The first kappa shape index (κ1) is 20.0. The van der Waals surface area contributed by atoms with E-state index in [1.807, 2.05) is 55.4 Å². The Morgan fingerprint density at radius 2 is 1.32 bits per heavy atom. The fourth-order valence-corrected chi connectivity index (χ4v) is 1.30. The highest BCUT2D eigenvalue weighted by Gasteiger charge is 2.23. The molecule has 0 saturated carbocycles. The summed E-state index contributed by atoms with van der Waals surface area (Å²) in [7, 11) is 0. The van der Waals surface area contributed by atoms with Crippen LogP contribution in [0.5, 0.6) is 0 Å². The molecule has 112 valence electrons. The van der Waals surface area contributed by atoms with Gasteiger partial charge in [0, 0.05) is 12.1 Å². The second-order valence-electron chi connectivity index (χ2n) is 4.71. The van der Waals surface area contributed by atoms with E-state index in [9.17, 15) is 9.59 Å². The van der Waals surface area contributed by atoms with Gasteiger partial charge in [-0.15, -0.1) is 0 Å². The summed E-state index contributed by atoms with van der Waals surface area (Å²) < 4.78 is 0. The molecule has 0 saturated heterocycles. The van der Waals surface area contributed by atoms with Crippen molar-refractivity contribution in [3.05, 3.63) is 20.4 Å². The largest absolute Gasteiger partial charge is 0.380 e. The number of nitrogens with one attached hydrogen (secondary N) is 2. The van der Waals surface area contributed by atoms with Crippen LogP contribution in [-0.2, 0) is 0 Å². The lowest BCUT2D eigenvalue weighted by Gasteiger charge is -2.24. The summed E-state index contributed by atoms with van der Waals surface area (Å²) in [4.78, 5) is 22.6. The highest BCUT2D eigenvalue weighted by molar-refractivity contribution is 5.74. The van der Waals surface area contributed by atoms with Gasteiger partial charge < -0.3 is 10.6 Å². The van der Waals surface area contributed by atoms with Crippen molar-refractivity contribution in [2.24, 2.45) is 0 Å². The van der Waals surface area contributed by atoms with Gasteiger partial charge in [0.2, 0.25) is 0 Å². The Bertz CT molecular complexity index is 410. The number of hydrogen-bond donors (Lipinski definition) is 2. The molecule has 1 aromatic carbocycles. The van der Waals surface area contributed by atoms with Crippen molar-refractivity contribution >= 4 is 11.4 Å². The molecule has 0 aromatic heterocycles. The number of hydrogen-bond acceptors (Lipinski definition) is 4. The average Bonchev–Trinajstić information content (AvgIpc) is 2.40. The molecule has 0 radical (unpaired) electrons. The van der Waals surface area contributed by atoms with Crippen LogP contribution in [0.4, 0.5) is 11.4 Å². The molecule has 4 nitrogen and oxygen atoms in total. The Labute approximate surface area is 117 Å². The van der Waals surface area contributed by atoms with Gasteiger partial charge in [-0.1, -0.05) is 34.6 Å². The molecule has 1 aromatic rings. The van der Waals surface area contributed by atoms with Crippen LogP contribution in [0.1, 0.15) is 61.8 Å². The molecule has 0 spiro atoms. The molecule has 0 aliphatic rings. The summed E-state index contributed by atoms with van der Waals surface area (Å²) >= 11 is 0. The first-order valence-corrected chi connectivity index (χ1v) is 7.22. The zero-order chi connectivity index (χ0) is 15.6. The molecule has 0 bridgehead atoms. The van der Waals surface area contributed by atoms with E-state index in [-0.39, 0.29) is 5.54 Å². The predicted octanol–water partition coefficient (Wildman–Crippen LogP) is 3.37. The summed E-state index contributed by atoms with van der Waals surface area (Å²) in [6, 6.07) is 0. The Kier molecular flexibility index (Phi) is 10.1. The smallest absolute Gasteiger partial charge is 0.253 e. The van der Waals surface area contributed by atoms with Crippen LogP contribution in [0.25, 0.3) is 0 Å². The minimum Gasteiger partial charge on any atom is -0.380 e. The van der Waals surface area contributed by atoms with Crippen LogP contribution in [0.2, 0.25) is 0 Å². The van der Waals surface area contributed by atoms with Crippen molar-refractivity contribution in [3.63, 3.8) is 0 Å². The van der Waals surface area contributed by atoms with Crippen LogP contribution in [-0.4, -0.2) is 12.1 Å². The minimum absolute atomic E-state index is 0.204. The Morgan fingerprint density at radius 1 is 0.895 bits per heavy atom. The fourth-order valence-electron chi connectivity index (χ4n) is 1.30. The van der Waals surface area contributed by atoms with Crippen molar-refractivity contribution < 1.29 is 0 Å². The van der Waals surface area contributed by atoms with Crippen molar-refractivity contribution in [2.45, 2.75) is 67.3 Å². The first-order valence-electron chi connectivity index (χ1n) is 7.22. The quantitative estimate of drug-likeness (QED) is 0.824. The Balaban J connectivity index is 0. The molecule has 0 amide bonds. The van der Waals surface area contributed by atoms with E-state index >= 15 is 0 Å². The van der Waals surface area contributed by atoms with Gasteiger partial charge in [-0.3, -0.25) is 9.59 Å². The van der Waals surface area contributed by atoms with Crippen molar-refractivity contribution in [1.82, 2.24) is 0 Å². The summed E-state index contributed by atoms with van der Waals surface area (Å²) in [5, 5.41) is 6.01. The van der Waals surface area contributed by atoms with Crippen molar-refractivity contribution in [2.75, 3.05) is 17.2 Å². The lowest BCUT2D eigenvalue weighted by atomic mass is 10.1. The molecule has 4 heteroatoms. The molecule has 0 aliphatic carbocycles. The lowest BCUT2D eigenvalue weighted by Crippen LogP contribution is -2.41. The summed E-state index contributed by atoms with van der Waals surface area (Å²) in [5.41, 5.74) is -0.151. The van der Waals surface area contributed by atoms with E-state index in [0.29, 0.717) is 17.9 Å². The van der Waals surface area contributed by atoms with Gasteiger partial charge in [0.1, 0.15) is 11.4 Å². The fraction of sp³-hybridized carbons (Fsp3) is 0.733. The highest BCUT2D eigenvalue weighted by atomic mass is 16.2. The topological polar surface area (TPSA) is 58.2 Å². The van der Waals surface area contributed by atoms with Gasteiger partial charge in [-0.25, -0.2) is 0 Å². The van der Waals surface area contributed by atoms with Gasteiger partial charge in [0.15, 0.2) is 0 Å². The van der Waals surface area contributed by atoms with Crippen LogP contribution in [0.3, 0.4) is 0 Å². The third kappa shape index (κ3) is 6.41. The molecule has 0 fully saturated rings. The van der Waals surface area contributed by atoms with Gasteiger partial charge in [-0.05, 0) is 27.2 Å².